The number of halogens is 1. The first-order valence-corrected chi connectivity index (χ1v) is 6.44. The molecule has 1 aromatic rings. The van der Waals surface area contributed by atoms with Gasteiger partial charge in [-0.1, -0.05) is 26.0 Å². The number of hydrogen-bond donors (Lipinski definition) is 0. The average Bonchev–Trinajstić information content (AvgIpc) is 3.00. The van der Waals surface area contributed by atoms with E-state index >= 15 is 0 Å². The summed E-state index contributed by atoms with van der Waals surface area (Å²) in [5, 5.41) is 0. The van der Waals surface area contributed by atoms with Crippen LogP contribution in [-0.2, 0) is 6.42 Å². The van der Waals surface area contributed by atoms with E-state index in [-0.39, 0.29) is 6.10 Å². The van der Waals surface area contributed by atoms with Gasteiger partial charge in [-0.25, -0.2) is 4.39 Å². The fourth-order valence-electron chi connectivity index (χ4n) is 2.01. The highest BCUT2D eigenvalue weighted by Gasteiger charge is 2.49. The molecule has 1 nitrogen and oxygen atoms in total. The molecule has 1 fully saturated rings. The maximum atomic E-state index is 13.7. The van der Waals surface area contributed by atoms with Crippen molar-refractivity contribution in [2.75, 3.05) is 0 Å². The summed E-state index contributed by atoms with van der Waals surface area (Å²) in [5.41, 5.74) is 0.234. The summed E-state index contributed by atoms with van der Waals surface area (Å²) >= 11 is 0. The maximum Gasteiger partial charge on any atom is 0.147 e. The molecule has 2 rings (SSSR count). The SMILES string of the molecule is CC(C)Cc1ccc(O[C@H](C)C2(F)CC2)cc1. The van der Waals surface area contributed by atoms with Gasteiger partial charge < -0.3 is 4.74 Å². The number of hydrogen-bond acceptors (Lipinski definition) is 1. The third kappa shape index (κ3) is 3.21. The van der Waals surface area contributed by atoms with E-state index in [0.717, 1.165) is 12.2 Å². The summed E-state index contributed by atoms with van der Waals surface area (Å²) in [6.07, 6.45) is 2.01. The fraction of sp³-hybridized carbons (Fsp3) is 0.600. The van der Waals surface area contributed by atoms with Crippen molar-refractivity contribution in [1.82, 2.24) is 0 Å². The predicted molar refractivity (Wildman–Crippen MR) is 68.1 cm³/mol. The Morgan fingerprint density at radius 1 is 1.18 bits per heavy atom. The van der Waals surface area contributed by atoms with Gasteiger partial charge in [0, 0.05) is 0 Å². The van der Waals surface area contributed by atoms with Crippen molar-refractivity contribution in [3.05, 3.63) is 29.8 Å². The topological polar surface area (TPSA) is 9.23 Å². The molecule has 94 valence electrons. The number of alkyl halides is 1. The van der Waals surface area contributed by atoms with Crippen LogP contribution < -0.4 is 4.74 Å². The third-order valence-corrected chi connectivity index (χ3v) is 3.34. The molecule has 0 bridgehead atoms. The van der Waals surface area contributed by atoms with Gasteiger partial charge in [0.1, 0.15) is 17.5 Å². The van der Waals surface area contributed by atoms with Crippen molar-refractivity contribution in [1.29, 1.82) is 0 Å². The monoisotopic (exact) mass is 236 g/mol. The van der Waals surface area contributed by atoms with Crippen LogP contribution in [0, 0.1) is 5.92 Å². The lowest BCUT2D eigenvalue weighted by Gasteiger charge is -2.18. The minimum absolute atomic E-state index is 0.335. The van der Waals surface area contributed by atoms with Gasteiger partial charge in [-0.3, -0.25) is 0 Å². The van der Waals surface area contributed by atoms with Crippen LogP contribution in [0.25, 0.3) is 0 Å². The Kier molecular flexibility index (Phi) is 3.41. The van der Waals surface area contributed by atoms with Crippen LogP contribution in [0.5, 0.6) is 5.75 Å². The molecule has 0 heterocycles. The average molecular weight is 236 g/mol. The highest BCUT2D eigenvalue weighted by molar-refractivity contribution is 5.28. The number of ether oxygens (including phenoxy) is 1. The van der Waals surface area contributed by atoms with Crippen molar-refractivity contribution in [3.8, 4) is 5.75 Å². The van der Waals surface area contributed by atoms with Crippen molar-refractivity contribution < 1.29 is 9.13 Å². The number of benzene rings is 1. The molecule has 1 aromatic carbocycles. The molecule has 0 aliphatic heterocycles. The quantitative estimate of drug-likeness (QED) is 0.746. The Hall–Kier alpha value is -1.05. The summed E-state index contributed by atoms with van der Waals surface area (Å²) in [6, 6.07) is 8.03. The molecular formula is C15H21FO. The summed E-state index contributed by atoms with van der Waals surface area (Å²) in [4.78, 5) is 0. The van der Waals surface area contributed by atoms with E-state index in [0.29, 0.717) is 18.8 Å². The Labute approximate surface area is 103 Å². The van der Waals surface area contributed by atoms with Crippen LogP contribution in [0.2, 0.25) is 0 Å². The van der Waals surface area contributed by atoms with Gasteiger partial charge in [0.25, 0.3) is 0 Å². The van der Waals surface area contributed by atoms with E-state index in [1.807, 2.05) is 19.1 Å². The zero-order valence-electron chi connectivity index (χ0n) is 10.9. The lowest BCUT2D eigenvalue weighted by atomic mass is 10.0. The van der Waals surface area contributed by atoms with Gasteiger partial charge >= 0.3 is 0 Å². The van der Waals surface area contributed by atoms with Crippen LogP contribution in [0.3, 0.4) is 0 Å². The largest absolute Gasteiger partial charge is 0.487 e. The summed E-state index contributed by atoms with van der Waals surface area (Å²) in [7, 11) is 0. The van der Waals surface area contributed by atoms with Crippen LogP contribution in [0.1, 0.15) is 39.2 Å². The van der Waals surface area contributed by atoms with Crippen LogP contribution in [-0.4, -0.2) is 11.8 Å². The molecule has 1 saturated carbocycles. The van der Waals surface area contributed by atoms with Crippen LogP contribution in [0.4, 0.5) is 4.39 Å². The van der Waals surface area contributed by atoms with Crippen molar-refractivity contribution in [2.45, 2.75) is 51.8 Å². The zero-order chi connectivity index (χ0) is 12.5. The Morgan fingerprint density at radius 2 is 1.76 bits per heavy atom. The molecule has 2 heteroatoms. The lowest BCUT2D eigenvalue weighted by molar-refractivity contribution is 0.0971. The van der Waals surface area contributed by atoms with E-state index in [1.165, 1.54) is 5.56 Å². The summed E-state index contributed by atoms with van der Waals surface area (Å²) in [5.74, 6) is 1.43. The Balaban J connectivity index is 1.93. The van der Waals surface area contributed by atoms with E-state index in [4.69, 9.17) is 4.74 Å². The molecule has 17 heavy (non-hydrogen) atoms. The first kappa shape index (κ1) is 12.4. The smallest absolute Gasteiger partial charge is 0.147 e. The predicted octanol–water partition coefficient (Wildman–Crippen LogP) is 4.15. The highest BCUT2D eigenvalue weighted by Crippen LogP contribution is 2.44. The molecule has 1 aliphatic rings. The molecule has 0 saturated heterocycles. The Bertz CT molecular complexity index is 365. The van der Waals surface area contributed by atoms with Gasteiger partial charge in [-0.05, 0) is 49.8 Å². The minimum atomic E-state index is -1.07. The van der Waals surface area contributed by atoms with E-state index in [9.17, 15) is 4.39 Å². The molecule has 1 aliphatic carbocycles. The summed E-state index contributed by atoms with van der Waals surface area (Å²) in [6.45, 7) is 6.22. The van der Waals surface area contributed by atoms with E-state index < -0.39 is 5.67 Å². The molecule has 0 unspecified atom stereocenters. The van der Waals surface area contributed by atoms with Crippen molar-refractivity contribution in [2.24, 2.45) is 5.92 Å². The van der Waals surface area contributed by atoms with Crippen LogP contribution in [0.15, 0.2) is 24.3 Å². The second-order valence-corrected chi connectivity index (χ2v) is 5.54. The van der Waals surface area contributed by atoms with Gasteiger partial charge in [0.2, 0.25) is 0 Å². The standard InChI is InChI=1S/C15H21FO/c1-11(2)10-13-4-6-14(7-5-13)17-12(3)15(16)8-9-15/h4-7,11-12H,8-10H2,1-3H3/t12-/m1/s1. The first-order chi connectivity index (χ1) is 7.99. The fourth-order valence-corrected chi connectivity index (χ4v) is 2.01. The van der Waals surface area contributed by atoms with Gasteiger partial charge in [0.05, 0.1) is 0 Å². The number of rotatable bonds is 5. The van der Waals surface area contributed by atoms with Gasteiger partial charge in [0.15, 0.2) is 0 Å². The lowest BCUT2D eigenvalue weighted by Crippen LogP contribution is -2.26. The molecule has 0 amide bonds. The first-order valence-electron chi connectivity index (χ1n) is 6.44. The second-order valence-electron chi connectivity index (χ2n) is 5.54. The van der Waals surface area contributed by atoms with Crippen molar-refractivity contribution >= 4 is 0 Å². The van der Waals surface area contributed by atoms with E-state index in [1.54, 1.807) is 0 Å². The van der Waals surface area contributed by atoms with Gasteiger partial charge in [-0.2, -0.15) is 0 Å². The maximum absolute atomic E-state index is 13.7. The van der Waals surface area contributed by atoms with E-state index in [2.05, 4.69) is 26.0 Å². The summed E-state index contributed by atoms with van der Waals surface area (Å²) < 4.78 is 19.3. The normalized spacial score (nSPS) is 19.1. The minimum Gasteiger partial charge on any atom is -0.487 e. The van der Waals surface area contributed by atoms with Crippen LogP contribution >= 0.6 is 0 Å². The molecule has 0 spiro atoms. The second kappa shape index (κ2) is 4.67. The van der Waals surface area contributed by atoms with Gasteiger partial charge in [-0.15, -0.1) is 0 Å². The molecule has 1 atom stereocenters. The molecule has 0 aromatic heterocycles. The van der Waals surface area contributed by atoms with Crippen molar-refractivity contribution in [3.63, 3.8) is 0 Å². The zero-order valence-corrected chi connectivity index (χ0v) is 10.9. The molecule has 0 radical (unpaired) electrons. The third-order valence-electron chi connectivity index (χ3n) is 3.34. The molecular weight excluding hydrogens is 215 g/mol. The highest BCUT2D eigenvalue weighted by atomic mass is 19.1. The molecule has 0 N–H and O–H groups in total. The Morgan fingerprint density at radius 3 is 2.24 bits per heavy atom.